The summed E-state index contributed by atoms with van der Waals surface area (Å²) in [5.41, 5.74) is -0.600. The summed E-state index contributed by atoms with van der Waals surface area (Å²) in [6.45, 7) is 7.25. The fourth-order valence-corrected chi connectivity index (χ4v) is 0.740. The van der Waals surface area contributed by atoms with Gasteiger partial charge in [0.05, 0.1) is 0 Å². The first kappa shape index (κ1) is 7.12. The number of ether oxygens (including phenoxy) is 2. The summed E-state index contributed by atoms with van der Waals surface area (Å²) in [6, 6.07) is 0. The summed E-state index contributed by atoms with van der Waals surface area (Å²) in [4.78, 5) is 10.5. The van der Waals surface area contributed by atoms with Gasteiger partial charge >= 0.3 is 6.16 Å². The van der Waals surface area contributed by atoms with E-state index in [0.717, 1.165) is 0 Å². The van der Waals surface area contributed by atoms with Crippen molar-refractivity contribution in [1.29, 1.82) is 0 Å². The molecule has 0 aromatic heterocycles. The highest BCUT2D eigenvalue weighted by atomic mass is 16.8. The molecule has 0 aliphatic carbocycles. The maximum atomic E-state index is 10.5. The second kappa shape index (κ2) is 2.01. The summed E-state index contributed by atoms with van der Waals surface area (Å²) < 4.78 is 9.46. The molecule has 3 heteroatoms. The van der Waals surface area contributed by atoms with Crippen LogP contribution in [0.1, 0.15) is 20.3 Å². The van der Waals surface area contributed by atoms with Gasteiger partial charge in [-0.3, -0.25) is 0 Å². The van der Waals surface area contributed by atoms with Gasteiger partial charge < -0.3 is 9.47 Å². The van der Waals surface area contributed by atoms with Crippen LogP contribution in [-0.2, 0) is 9.47 Å². The van der Waals surface area contributed by atoms with Crippen LogP contribution in [0.3, 0.4) is 0 Å². The van der Waals surface area contributed by atoms with Crippen LogP contribution in [0, 0.1) is 0 Å². The Hall–Kier alpha value is -0.990. The minimum atomic E-state index is -0.644. The quantitative estimate of drug-likeness (QED) is 0.524. The van der Waals surface area contributed by atoms with Crippen molar-refractivity contribution in [3.05, 3.63) is 12.3 Å². The van der Waals surface area contributed by atoms with E-state index in [1.54, 1.807) is 6.92 Å². The van der Waals surface area contributed by atoms with Crippen molar-refractivity contribution in [2.75, 3.05) is 0 Å². The Balaban J connectivity index is 2.80. The van der Waals surface area contributed by atoms with E-state index in [0.29, 0.717) is 12.2 Å². The summed E-state index contributed by atoms with van der Waals surface area (Å²) >= 11 is 0. The van der Waals surface area contributed by atoms with Crippen molar-refractivity contribution in [3.63, 3.8) is 0 Å². The molecule has 0 unspecified atom stereocenters. The summed E-state index contributed by atoms with van der Waals surface area (Å²) in [5, 5.41) is 0. The van der Waals surface area contributed by atoms with Gasteiger partial charge in [-0.1, -0.05) is 13.5 Å². The lowest BCUT2D eigenvalue weighted by Crippen LogP contribution is -2.23. The van der Waals surface area contributed by atoms with Gasteiger partial charge in [-0.25, -0.2) is 4.79 Å². The average molecular weight is 142 g/mol. The third kappa shape index (κ3) is 0.875. The van der Waals surface area contributed by atoms with Gasteiger partial charge in [0.1, 0.15) is 5.76 Å². The number of hydrogen-bond donors (Lipinski definition) is 0. The molecular formula is C7H10O3. The summed E-state index contributed by atoms with van der Waals surface area (Å²) in [6.07, 6.45) is 0.0479. The van der Waals surface area contributed by atoms with E-state index in [-0.39, 0.29) is 0 Å². The summed E-state index contributed by atoms with van der Waals surface area (Å²) in [5.74, 6) is 0.403. The number of cyclic esters (lactones) is 2. The maximum absolute atomic E-state index is 10.5. The van der Waals surface area contributed by atoms with Gasteiger partial charge in [-0.15, -0.1) is 0 Å². The van der Waals surface area contributed by atoms with Gasteiger partial charge in [0.2, 0.25) is 0 Å². The Labute approximate surface area is 59.6 Å². The third-order valence-electron chi connectivity index (χ3n) is 1.78. The monoisotopic (exact) mass is 142 g/mol. The van der Waals surface area contributed by atoms with E-state index in [1.165, 1.54) is 0 Å². The van der Waals surface area contributed by atoms with E-state index >= 15 is 0 Å². The van der Waals surface area contributed by atoms with Crippen LogP contribution in [0.4, 0.5) is 4.79 Å². The number of hydrogen-bond acceptors (Lipinski definition) is 3. The minimum absolute atomic E-state index is 0.403. The van der Waals surface area contributed by atoms with Crippen molar-refractivity contribution < 1.29 is 14.3 Å². The van der Waals surface area contributed by atoms with Gasteiger partial charge in [0.15, 0.2) is 5.60 Å². The molecule has 1 fully saturated rings. The highest BCUT2D eigenvalue weighted by Gasteiger charge is 2.40. The standard InChI is InChI=1S/C7H10O3/c1-4-7(3)5(2)9-6(8)10-7/h2,4H2,1,3H3/t7-/m0/s1. The van der Waals surface area contributed by atoms with Gasteiger partial charge in [-0.2, -0.15) is 0 Å². The van der Waals surface area contributed by atoms with Crippen molar-refractivity contribution >= 4 is 6.16 Å². The van der Waals surface area contributed by atoms with Crippen LogP contribution in [0.15, 0.2) is 12.3 Å². The molecule has 0 aromatic rings. The van der Waals surface area contributed by atoms with Gasteiger partial charge in [-0.05, 0) is 13.3 Å². The Morgan fingerprint density at radius 3 is 2.50 bits per heavy atom. The predicted octanol–water partition coefficient (Wildman–Crippen LogP) is 1.84. The van der Waals surface area contributed by atoms with Crippen LogP contribution < -0.4 is 0 Å². The van der Waals surface area contributed by atoms with Crippen molar-refractivity contribution in [2.45, 2.75) is 25.9 Å². The minimum Gasteiger partial charge on any atom is -0.419 e. The number of carbonyl (C=O) groups excluding carboxylic acids is 1. The smallest absolute Gasteiger partial charge is 0.419 e. The average Bonchev–Trinajstić information content (AvgIpc) is 2.09. The molecule has 1 aliphatic rings. The fourth-order valence-electron chi connectivity index (χ4n) is 0.740. The van der Waals surface area contributed by atoms with Crippen LogP contribution in [0.5, 0.6) is 0 Å². The van der Waals surface area contributed by atoms with Crippen LogP contribution in [0.25, 0.3) is 0 Å². The maximum Gasteiger partial charge on any atom is 0.514 e. The predicted molar refractivity (Wildman–Crippen MR) is 35.4 cm³/mol. The van der Waals surface area contributed by atoms with E-state index in [4.69, 9.17) is 4.74 Å². The molecular weight excluding hydrogens is 132 g/mol. The molecule has 1 atom stereocenters. The first-order chi connectivity index (χ1) is 4.58. The number of rotatable bonds is 1. The second-order valence-corrected chi connectivity index (χ2v) is 2.46. The topological polar surface area (TPSA) is 35.5 Å². The SMILES string of the molecule is C=C1OC(=O)O[C@@]1(C)CC. The molecule has 0 N–H and O–H groups in total. The van der Waals surface area contributed by atoms with Crippen molar-refractivity contribution in [3.8, 4) is 0 Å². The molecule has 1 rings (SSSR count). The molecule has 56 valence electrons. The normalized spacial score (nSPS) is 31.8. The van der Waals surface area contributed by atoms with E-state index in [9.17, 15) is 4.79 Å². The van der Waals surface area contributed by atoms with Crippen LogP contribution in [0.2, 0.25) is 0 Å². The van der Waals surface area contributed by atoms with E-state index in [1.807, 2.05) is 6.92 Å². The zero-order valence-corrected chi connectivity index (χ0v) is 6.14. The van der Waals surface area contributed by atoms with Gasteiger partial charge in [0, 0.05) is 0 Å². The first-order valence-corrected chi connectivity index (χ1v) is 3.18. The highest BCUT2D eigenvalue weighted by molar-refractivity contribution is 5.65. The molecule has 1 saturated heterocycles. The molecule has 0 aromatic carbocycles. The Morgan fingerprint density at radius 2 is 2.30 bits per heavy atom. The first-order valence-electron chi connectivity index (χ1n) is 3.18. The van der Waals surface area contributed by atoms with Crippen molar-refractivity contribution in [1.82, 2.24) is 0 Å². The van der Waals surface area contributed by atoms with Crippen LogP contribution in [-0.4, -0.2) is 11.8 Å². The second-order valence-electron chi connectivity index (χ2n) is 2.46. The van der Waals surface area contributed by atoms with Crippen LogP contribution >= 0.6 is 0 Å². The zero-order chi connectivity index (χ0) is 7.78. The largest absolute Gasteiger partial charge is 0.514 e. The molecule has 0 saturated carbocycles. The summed E-state index contributed by atoms with van der Waals surface area (Å²) in [7, 11) is 0. The molecule has 0 bridgehead atoms. The third-order valence-corrected chi connectivity index (χ3v) is 1.78. The molecule has 0 amide bonds. The molecule has 1 aliphatic heterocycles. The lowest BCUT2D eigenvalue weighted by Gasteiger charge is -2.16. The molecule has 0 spiro atoms. The zero-order valence-electron chi connectivity index (χ0n) is 6.14. The Kier molecular flexibility index (Phi) is 1.43. The lowest BCUT2D eigenvalue weighted by molar-refractivity contribution is 0.0746. The Bertz CT molecular complexity index is 185. The van der Waals surface area contributed by atoms with Crippen molar-refractivity contribution in [2.24, 2.45) is 0 Å². The van der Waals surface area contributed by atoms with E-state index in [2.05, 4.69) is 11.3 Å². The highest BCUT2D eigenvalue weighted by Crippen LogP contribution is 2.31. The molecule has 1 heterocycles. The number of carbonyl (C=O) groups is 1. The Morgan fingerprint density at radius 1 is 1.70 bits per heavy atom. The van der Waals surface area contributed by atoms with E-state index < -0.39 is 11.8 Å². The fraction of sp³-hybridized carbons (Fsp3) is 0.571. The lowest BCUT2D eigenvalue weighted by atomic mass is 10.0. The molecule has 3 nitrogen and oxygen atoms in total. The molecule has 0 radical (unpaired) electrons. The molecule has 10 heavy (non-hydrogen) atoms. The van der Waals surface area contributed by atoms with Gasteiger partial charge in [0.25, 0.3) is 0 Å².